The van der Waals surface area contributed by atoms with Crippen molar-refractivity contribution in [2.45, 2.75) is 45.6 Å². The predicted octanol–water partition coefficient (Wildman–Crippen LogP) is 2.85. The summed E-state index contributed by atoms with van der Waals surface area (Å²) < 4.78 is 0. The van der Waals surface area contributed by atoms with E-state index >= 15 is 0 Å². The lowest BCUT2D eigenvalue weighted by atomic mass is 9.72. The summed E-state index contributed by atoms with van der Waals surface area (Å²) in [5.74, 6) is 0.484. The van der Waals surface area contributed by atoms with Gasteiger partial charge in [0.25, 0.3) is 0 Å². The van der Waals surface area contributed by atoms with E-state index in [4.69, 9.17) is 0 Å². The smallest absolute Gasteiger partial charge is 0.244 e. The molecule has 0 N–H and O–H groups in total. The molecular weight excluding hydrogens is 338 g/mol. The van der Waals surface area contributed by atoms with Gasteiger partial charge in [0.1, 0.15) is 6.04 Å². The molecule has 27 heavy (non-hydrogen) atoms. The van der Waals surface area contributed by atoms with Gasteiger partial charge in [0, 0.05) is 32.6 Å². The molecule has 1 aromatic carbocycles. The Labute approximate surface area is 163 Å². The third kappa shape index (κ3) is 4.03. The molecule has 5 heteroatoms. The molecule has 2 saturated heterocycles. The first-order valence-electron chi connectivity index (χ1n) is 10.2. The topological polar surface area (TPSA) is 43.9 Å². The molecule has 148 valence electrons. The van der Waals surface area contributed by atoms with Crippen LogP contribution in [0.15, 0.2) is 24.3 Å². The Morgan fingerprint density at radius 1 is 1.19 bits per heavy atom. The summed E-state index contributed by atoms with van der Waals surface area (Å²) in [5, 5.41) is 0. The molecule has 0 saturated carbocycles. The highest BCUT2D eigenvalue weighted by molar-refractivity contribution is 5.84. The Morgan fingerprint density at radius 3 is 2.44 bits per heavy atom. The molecule has 1 aromatic rings. The average molecular weight is 372 g/mol. The zero-order valence-electron chi connectivity index (χ0n) is 17.2. The van der Waals surface area contributed by atoms with Crippen LogP contribution in [0.5, 0.6) is 0 Å². The van der Waals surface area contributed by atoms with E-state index in [1.807, 2.05) is 40.9 Å². The van der Waals surface area contributed by atoms with Crippen molar-refractivity contribution < 1.29 is 9.59 Å². The molecule has 0 radical (unpaired) electrons. The number of carbonyl (C=O) groups is 2. The second-order valence-corrected chi connectivity index (χ2v) is 8.46. The summed E-state index contributed by atoms with van der Waals surface area (Å²) in [4.78, 5) is 31.4. The molecule has 2 aliphatic rings. The number of amides is 2. The van der Waals surface area contributed by atoms with Crippen LogP contribution in [-0.4, -0.2) is 66.8 Å². The van der Waals surface area contributed by atoms with Crippen LogP contribution in [0.25, 0.3) is 0 Å². The molecule has 0 aromatic heterocycles. The molecule has 3 rings (SSSR count). The van der Waals surface area contributed by atoms with Gasteiger partial charge in [0.15, 0.2) is 0 Å². The number of likely N-dealkylation sites (tertiary alicyclic amines) is 2. The van der Waals surface area contributed by atoms with Gasteiger partial charge in [-0.05, 0) is 63.7 Å². The molecule has 5 nitrogen and oxygen atoms in total. The number of carbonyl (C=O) groups excluding carboxylic acids is 2. The van der Waals surface area contributed by atoms with Crippen molar-refractivity contribution in [1.29, 1.82) is 0 Å². The summed E-state index contributed by atoms with van der Waals surface area (Å²) in [6, 6.07) is 7.93. The van der Waals surface area contributed by atoms with Crippen molar-refractivity contribution in [3.05, 3.63) is 35.4 Å². The van der Waals surface area contributed by atoms with E-state index in [2.05, 4.69) is 26.0 Å². The van der Waals surface area contributed by atoms with Crippen LogP contribution >= 0.6 is 0 Å². The highest BCUT2D eigenvalue weighted by Crippen LogP contribution is 2.40. The first-order chi connectivity index (χ1) is 12.9. The Morgan fingerprint density at radius 2 is 1.85 bits per heavy atom. The molecule has 2 fully saturated rings. The van der Waals surface area contributed by atoms with E-state index in [0.29, 0.717) is 6.42 Å². The van der Waals surface area contributed by atoms with Gasteiger partial charge < -0.3 is 9.80 Å². The van der Waals surface area contributed by atoms with E-state index in [1.165, 1.54) is 0 Å². The Bertz CT molecular complexity index is 693. The molecule has 0 aliphatic carbocycles. The van der Waals surface area contributed by atoms with Crippen LogP contribution in [0, 0.1) is 12.3 Å². The number of benzene rings is 1. The van der Waals surface area contributed by atoms with Crippen molar-refractivity contribution in [2.75, 3.05) is 40.3 Å². The van der Waals surface area contributed by atoms with E-state index in [1.54, 1.807) is 0 Å². The van der Waals surface area contributed by atoms with Crippen LogP contribution in [0.3, 0.4) is 0 Å². The van der Waals surface area contributed by atoms with Crippen LogP contribution < -0.4 is 0 Å². The highest BCUT2D eigenvalue weighted by Gasteiger charge is 2.42. The molecule has 0 bridgehead atoms. The van der Waals surface area contributed by atoms with Crippen LogP contribution in [-0.2, 0) is 9.59 Å². The summed E-state index contributed by atoms with van der Waals surface area (Å²) >= 11 is 0. The highest BCUT2D eigenvalue weighted by atomic mass is 16.2. The lowest BCUT2D eigenvalue weighted by molar-refractivity contribution is -0.144. The molecule has 0 unspecified atom stereocenters. The first-order valence-corrected chi connectivity index (χ1v) is 10.2. The molecular formula is C22H33N3O2. The Balaban J connectivity index is 1.70. The van der Waals surface area contributed by atoms with Crippen molar-refractivity contribution in [3.63, 3.8) is 0 Å². The van der Waals surface area contributed by atoms with Gasteiger partial charge in [-0.15, -0.1) is 0 Å². The minimum atomic E-state index is -0.236. The second kappa shape index (κ2) is 8.01. The van der Waals surface area contributed by atoms with Crippen LogP contribution in [0.1, 0.15) is 49.8 Å². The zero-order valence-corrected chi connectivity index (χ0v) is 17.2. The van der Waals surface area contributed by atoms with Gasteiger partial charge in [-0.25, -0.2) is 0 Å². The third-order valence-electron chi connectivity index (χ3n) is 6.50. The largest absolute Gasteiger partial charge is 0.342 e. The molecule has 1 atom stereocenters. The van der Waals surface area contributed by atoms with Crippen molar-refractivity contribution in [2.24, 2.45) is 5.41 Å². The number of piperidine rings is 2. The van der Waals surface area contributed by atoms with E-state index in [9.17, 15) is 9.59 Å². The summed E-state index contributed by atoms with van der Waals surface area (Å²) in [6.07, 6.45) is 3.62. The quantitative estimate of drug-likeness (QED) is 0.817. The average Bonchev–Trinajstić information content (AvgIpc) is 2.66. The number of hydrogen-bond donors (Lipinski definition) is 0. The second-order valence-electron chi connectivity index (χ2n) is 8.46. The summed E-state index contributed by atoms with van der Waals surface area (Å²) in [6.45, 7) is 7.36. The lowest BCUT2D eigenvalue weighted by Gasteiger charge is -2.48. The fraction of sp³-hybridized carbons (Fsp3) is 0.636. The first kappa shape index (κ1) is 19.9. The monoisotopic (exact) mass is 371 g/mol. The summed E-state index contributed by atoms with van der Waals surface area (Å²) in [7, 11) is 3.96. The van der Waals surface area contributed by atoms with E-state index in [-0.39, 0.29) is 23.3 Å². The van der Waals surface area contributed by atoms with Gasteiger partial charge in [-0.3, -0.25) is 14.5 Å². The maximum atomic E-state index is 13.4. The Hall–Kier alpha value is -1.88. The lowest BCUT2D eigenvalue weighted by Crippen LogP contribution is -2.53. The number of nitrogens with zero attached hydrogens (tertiary/aromatic N) is 3. The fourth-order valence-electron chi connectivity index (χ4n) is 4.70. The van der Waals surface area contributed by atoms with Gasteiger partial charge in [-0.2, -0.15) is 0 Å². The van der Waals surface area contributed by atoms with E-state index in [0.717, 1.165) is 56.6 Å². The van der Waals surface area contributed by atoms with Gasteiger partial charge in [0.05, 0.1) is 0 Å². The van der Waals surface area contributed by atoms with Gasteiger partial charge in [0.2, 0.25) is 11.8 Å². The fourth-order valence-corrected chi connectivity index (χ4v) is 4.70. The minimum absolute atomic E-state index is 0.198. The summed E-state index contributed by atoms with van der Waals surface area (Å²) in [5.41, 5.74) is 2.45. The molecule has 2 amide bonds. The number of rotatable bonds is 4. The molecule has 2 aliphatic heterocycles. The maximum Gasteiger partial charge on any atom is 0.244 e. The normalized spacial score (nSPS) is 21.0. The Kier molecular flexibility index (Phi) is 5.89. The number of aryl methyl sites for hydroxylation is 1. The third-order valence-corrected chi connectivity index (χ3v) is 6.50. The van der Waals surface area contributed by atoms with Crippen molar-refractivity contribution in [3.8, 4) is 0 Å². The van der Waals surface area contributed by atoms with E-state index < -0.39 is 0 Å². The van der Waals surface area contributed by atoms with Crippen LogP contribution in [0.4, 0.5) is 0 Å². The zero-order chi connectivity index (χ0) is 19.6. The minimum Gasteiger partial charge on any atom is -0.342 e. The number of hydrogen-bond acceptors (Lipinski definition) is 3. The van der Waals surface area contributed by atoms with Gasteiger partial charge >= 0.3 is 0 Å². The maximum absolute atomic E-state index is 13.4. The standard InChI is InChI=1S/C22H33N3O2/c1-5-24-16-22(11-10-19(24)26)12-14-25(15-13-22)21(27)20(23(3)4)18-9-7-6-8-17(18)2/h6-9,20H,5,10-16H2,1-4H3/t20-/m0/s1. The van der Waals surface area contributed by atoms with Crippen LogP contribution in [0.2, 0.25) is 0 Å². The van der Waals surface area contributed by atoms with Crippen molar-refractivity contribution >= 4 is 11.8 Å². The molecule has 1 spiro atoms. The molecule has 2 heterocycles. The SMILES string of the molecule is CCN1CC2(CCC1=O)CCN(C(=O)[C@H](c1ccccc1C)N(C)C)CC2. The predicted molar refractivity (Wildman–Crippen MR) is 107 cm³/mol. The van der Waals surface area contributed by atoms with Gasteiger partial charge in [-0.1, -0.05) is 24.3 Å². The van der Waals surface area contributed by atoms with Crippen molar-refractivity contribution in [1.82, 2.24) is 14.7 Å². The number of likely N-dealkylation sites (N-methyl/N-ethyl adjacent to an activating group) is 1.